The molecule has 6 N–H and O–H groups in total. The van der Waals surface area contributed by atoms with Crippen LogP contribution in [0.15, 0.2) is 30.3 Å². The first-order valence-corrected chi connectivity index (χ1v) is 4.35. The van der Waals surface area contributed by atoms with Crippen molar-refractivity contribution in [3.63, 3.8) is 0 Å². The number of hydrogen-bond acceptors (Lipinski definition) is 2. The predicted molar refractivity (Wildman–Crippen MR) is 50.1 cm³/mol. The average molecular weight is 253 g/mol. The molecule has 1 aromatic rings. The molecule has 15 heavy (non-hydrogen) atoms. The standard InChI is InChI=1S/C9H9O3.Cr.2H2O/c10-6-8(9(11)12)7-4-2-1-3-5-7;;;/h1-5,10H,6H2,(H,11,12);;2*1H2. The number of hydrogen-bond donors (Lipinski definition) is 2. The molecule has 0 aromatic heterocycles. The SMILES string of the molecule is O.O.O=C(O)[C]([Cr])(CO)c1ccccc1. The molecular formula is C9H13CrO5. The van der Waals surface area contributed by atoms with Gasteiger partial charge in [0.1, 0.15) is 0 Å². The number of aliphatic hydroxyl groups excluding tert-OH is 1. The van der Waals surface area contributed by atoms with Crippen molar-refractivity contribution in [1.29, 1.82) is 0 Å². The van der Waals surface area contributed by atoms with Crippen LogP contribution in [-0.4, -0.2) is 33.7 Å². The van der Waals surface area contributed by atoms with E-state index in [1.807, 2.05) is 0 Å². The summed E-state index contributed by atoms with van der Waals surface area (Å²) in [5, 5.41) is 17.9. The summed E-state index contributed by atoms with van der Waals surface area (Å²) in [7, 11) is 0. The zero-order valence-corrected chi connectivity index (χ0v) is 9.08. The number of carboxylic acid groups (broad SMARTS) is 1. The zero-order chi connectivity index (χ0) is 9.90. The molecule has 0 bridgehead atoms. The summed E-state index contributed by atoms with van der Waals surface area (Å²) in [6.07, 6.45) is 0. The fourth-order valence-electron chi connectivity index (χ4n) is 0.990. The first-order chi connectivity index (χ1) is 6.11. The van der Waals surface area contributed by atoms with Crippen molar-refractivity contribution >= 4 is 5.97 Å². The summed E-state index contributed by atoms with van der Waals surface area (Å²) in [5.41, 5.74) is 0.560. The summed E-state index contributed by atoms with van der Waals surface area (Å²) in [4.78, 5) is 10.9. The molecular weight excluding hydrogens is 240 g/mol. The van der Waals surface area contributed by atoms with Crippen molar-refractivity contribution in [1.82, 2.24) is 0 Å². The Kier molecular flexibility index (Phi) is 7.23. The second kappa shape index (κ2) is 6.56. The quantitative estimate of drug-likeness (QED) is 0.707. The molecule has 0 aliphatic heterocycles. The Bertz CT molecular complexity index is 303. The zero-order valence-electron chi connectivity index (χ0n) is 7.80. The van der Waals surface area contributed by atoms with E-state index in [2.05, 4.69) is 16.3 Å². The first kappa shape index (κ1) is 16.5. The van der Waals surface area contributed by atoms with Gasteiger partial charge in [0.15, 0.2) is 0 Å². The number of carbonyl (C=O) groups is 1. The molecule has 0 saturated carbocycles. The molecule has 0 heterocycles. The maximum atomic E-state index is 10.9. The molecule has 85 valence electrons. The van der Waals surface area contributed by atoms with Gasteiger partial charge >= 0.3 is 84.0 Å². The van der Waals surface area contributed by atoms with E-state index in [0.29, 0.717) is 5.56 Å². The molecule has 0 spiro atoms. The maximum absolute atomic E-state index is 10.9. The molecule has 0 radical (unpaired) electrons. The fourth-order valence-corrected chi connectivity index (χ4v) is 1.20. The molecule has 0 aliphatic rings. The number of rotatable bonds is 3. The van der Waals surface area contributed by atoms with E-state index < -0.39 is 16.9 Å². The summed E-state index contributed by atoms with van der Waals surface area (Å²) >= 11 is 2.51. The van der Waals surface area contributed by atoms with Gasteiger partial charge in [-0.25, -0.2) is 0 Å². The van der Waals surface area contributed by atoms with Crippen molar-refractivity contribution in [3.8, 4) is 0 Å². The topological polar surface area (TPSA) is 121 Å². The van der Waals surface area contributed by atoms with Gasteiger partial charge < -0.3 is 11.0 Å². The van der Waals surface area contributed by atoms with Crippen molar-refractivity contribution in [3.05, 3.63) is 35.9 Å². The van der Waals surface area contributed by atoms with Crippen molar-refractivity contribution in [2.45, 2.75) is 4.28 Å². The van der Waals surface area contributed by atoms with Gasteiger partial charge in [0.2, 0.25) is 0 Å². The van der Waals surface area contributed by atoms with Crippen LogP contribution >= 0.6 is 0 Å². The third-order valence-corrected chi connectivity index (χ3v) is 2.65. The normalized spacial score (nSPS) is 12.9. The van der Waals surface area contributed by atoms with Gasteiger partial charge in [0.25, 0.3) is 0 Å². The molecule has 1 unspecified atom stereocenters. The van der Waals surface area contributed by atoms with Gasteiger partial charge in [0.05, 0.1) is 0 Å². The molecule has 1 atom stereocenters. The van der Waals surface area contributed by atoms with Gasteiger partial charge in [-0.15, -0.1) is 0 Å². The second-order valence-corrected chi connectivity index (χ2v) is 3.74. The molecule has 0 aliphatic carbocycles. The summed E-state index contributed by atoms with van der Waals surface area (Å²) < 4.78 is -1.32. The van der Waals surface area contributed by atoms with Crippen LogP contribution in [0.2, 0.25) is 0 Å². The number of carboxylic acids is 1. The third-order valence-electron chi connectivity index (χ3n) is 1.81. The fraction of sp³-hybridized carbons (Fsp3) is 0.222. The molecule has 1 aromatic carbocycles. The van der Waals surface area contributed by atoms with Crippen LogP contribution in [0.4, 0.5) is 0 Å². The van der Waals surface area contributed by atoms with Crippen LogP contribution in [0, 0.1) is 0 Å². The molecule has 0 amide bonds. The Morgan fingerprint density at radius 1 is 1.27 bits per heavy atom. The van der Waals surface area contributed by atoms with Crippen LogP contribution < -0.4 is 0 Å². The summed E-state index contributed by atoms with van der Waals surface area (Å²) in [5.74, 6) is -1.07. The molecule has 5 nitrogen and oxygen atoms in total. The molecule has 6 heteroatoms. The van der Waals surface area contributed by atoms with Gasteiger partial charge in [-0.3, -0.25) is 0 Å². The Labute approximate surface area is 95.4 Å². The molecule has 0 fully saturated rings. The molecule has 0 saturated heterocycles. The minimum atomic E-state index is -1.32. The van der Waals surface area contributed by atoms with E-state index in [1.54, 1.807) is 30.3 Å². The van der Waals surface area contributed by atoms with Gasteiger partial charge in [-0.05, 0) is 0 Å². The van der Waals surface area contributed by atoms with Crippen molar-refractivity contribution in [2.75, 3.05) is 6.61 Å². The van der Waals surface area contributed by atoms with E-state index in [1.165, 1.54) is 0 Å². The van der Waals surface area contributed by atoms with E-state index >= 15 is 0 Å². The first-order valence-electron chi connectivity index (χ1n) is 3.71. The van der Waals surface area contributed by atoms with Gasteiger partial charge in [-0.2, -0.15) is 0 Å². The van der Waals surface area contributed by atoms with Crippen LogP contribution in [-0.2, 0) is 25.4 Å². The van der Waals surface area contributed by atoms with E-state index in [-0.39, 0.29) is 11.0 Å². The minimum absolute atomic E-state index is 0. The number of aliphatic carboxylic acids is 1. The number of aliphatic hydroxyl groups is 1. The third kappa shape index (κ3) is 3.31. The van der Waals surface area contributed by atoms with E-state index in [0.717, 1.165) is 0 Å². The Hall–Kier alpha value is -0.898. The summed E-state index contributed by atoms with van der Waals surface area (Å²) in [6.45, 7) is -0.452. The Morgan fingerprint density at radius 3 is 2.07 bits per heavy atom. The van der Waals surface area contributed by atoms with Gasteiger partial charge in [0, 0.05) is 0 Å². The van der Waals surface area contributed by atoms with E-state index in [9.17, 15) is 4.79 Å². The Balaban J connectivity index is 0. The van der Waals surface area contributed by atoms with Crippen LogP contribution in [0.1, 0.15) is 5.56 Å². The average Bonchev–Trinajstić information content (AvgIpc) is 2.17. The molecule has 1 rings (SSSR count). The summed E-state index contributed by atoms with van der Waals surface area (Å²) in [6, 6.07) is 8.60. The number of benzene rings is 1. The van der Waals surface area contributed by atoms with Gasteiger partial charge in [-0.1, -0.05) is 0 Å². The second-order valence-electron chi connectivity index (χ2n) is 2.66. The van der Waals surface area contributed by atoms with E-state index in [4.69, 9.17) is 10.2 Å². The van der Waals surface area contributed by atoms with Crippen molar-refractivity contribution in [2.24, 2.45) is 0 Å². The monoisotopic (exact) mass is 253 g/mol. The predicted octanol–water partition coefficient (Wildman–Crippen LogP) is -1.14. The van der Waals surface area contributed by atoms with Crippen LogP contribution in [0.3, 0.4) is 0 Å². The van der Waals surface area contributed by atoms with Crippen LogP contribution in [0.5, 0.6) is 0 Å². The van der Waals surface area contributed by atoms with Crippen molar-refractivity contribution < 1.29 is 42.3 Å². The Morgan fingerprint density at radius 2 is 1.73 bits per heavy atom. The van der Waals surface area contributed by atoms with Crippen LogP contribution in [0.25, 0.3) is 0 Å².